The van der Waals surface area contributed by atoms with Gasteiger partial charge in [-0.25, -0.2) is 0 Å². The number of benzene rings is 9. The molecule has 0 amide bonds. The van der Waals surface area contributed by atoms with Crippen molar-refractivity contribution in [2.24, 2.45) is 0 Å². The third-order valence-electron chi connectivity index (χ3n) is 9.45. The Balaban J connectivity index is 1.23. The van der Waals surface area contributed by atoms with Gasteiger partial charge < -0.3 is 9.32 Å². The molecule has 1 heterocycles. The Hall–Kier alpha value is -6.90. The van der Waals surface area contributed by atoms with Gasteiger partial charge in [-0.15, -0.1) is 0 Å². The topological polar surface area (TPSA) is 16.4 Å². The van der Waals surface area contributed by atoms with Crippen LogP contribution in [-0.2, 0) is 0 Å². The van der Waals surface area contributed by atoms with Crippen molar-refractivity contribution in [3.05, 3.63) is 200 Å². The lowest BCUT2D eigenvalue weighted by Gasteiger charge is -2.28. The Bertz CT molecular complexity index is 3500. The van der Waals surface area contributed by atoms with Gasteiger partial charge >= 0.3 is 0 Å². The zero-order chi connectivity index (χ0) is 44.0. The van der Waals surface area contributed by atoms with E-state index < -0.39 is 72.0 Å². The minimum atomic E-state index is -0.673. The van der Waals surface area contributed by atoms with Gasteiger partial charge in [-0.1, -0.05) is 151 Å². The van der Waals surface area contributed by atoms with Crippen LogP contribution in [0.5, 0.6) is 0 Å². The lowest BCUT2D eigenvalue weighted by molar-refractivity contribution is 0.672. The summed E-state index contributed by atoms with van der Waals surface area (Å²) in [6.45, 7) is 0. The van der Waals surface area contributed by atoms with E-state index in [1.807, 2.05) is 127 Å². The van der Waals surface area contributed by atoms with Crippen molar-refractivity contribution in [1.82, 2.24) is 0 Å². The molecule has 0 radical (unpaired) electrons. The van der Waals surface area contributed by atoms with Gasteiger partial charge in [0.1, 0.15) is 11.2 Å². The molecule has 0 saturated carbocycles. The molecule has 9 aromatic carbocycles. The average molecular weight is 675 g/mol. The van der Waals surface area contributed by atoms with Crippen molar-refractivity contribution in [1.29, 1.82) is 0 Å². The molecular weight excluding hydrogens is 631 g/mol. The molecule has 0 aliphatic rings. The number of fused-ring (bicyclic) bond motifs is 6. The summed E-state index contributed by atoms with van der Waals surface area (Å²) in [6.07, 6.45) is 0. The van der Waals surface area contributed by atoms with Gasteiger partial charge in [-0.05, 0) is 92.5 Å². The highest BCUT2D eigenvalue weighted by Gasteiger charge is 2.19. The van der Waals surface area contributed by atoms with E-state index >= 15 is 0 Å². The molecule has 0 spiro atoms. The number of nitrogens with zero attached hydrogens (tertiary/aromatic N) is 1. The summed E-state index contributed by atoms with van der Waals surface area (Å²) in [4.78, 5) is 1.68. The predicted octanol–water partition coefficient (Wildman–Crippen LogP) is 14.4. The summed E-state index contributed by atoms with van der Waals surface area (Å²) >= 11 is 0. The molecule has 0 aliphatic carbocycles. The van der Waals surface area contributed by atoms with Gasteiger partial charge in [0, 0.05) is 33.1 Å². The maximum atomic E-state index is 9.65. The quantitative estimate of drug-likeness (QED) is 0.175. The van der Waals surface area contributed by atoms with Gasteiger partial charge in [0.2, 0.25) is 0 Å². The van der Waals surface area contributed by atoms with Crippen LogP contribution in [0, 0.1) is 0 Å². The third kappa shape index (κ3) is 5.12. The molecule has 10 aromatic rings. The van der Waals surface area contributed by atoms with Crippen molar-refractivity contribution in [2.75, 3.05) is 4.90 Å². The molecule has 2 heteroatoms. The molecule has 0 aliphatic heterocycles. The fraction of sp³-hybridized carbons (Fsp3) is 0. The zero-order valence-electron chi connectivity index (χ0n) is 38.6. The molecule has 10 rings (SSSR count). The van der Waals surface area contributed by atoms with Crippen molar-refractivity contribution in [3.8, 4) is 33.4 Å². The Morgan fingerprint density at radius 3 is 2.02 bits per heavy atom. The Labute approximate surface area is 317 Å². The van der Waals surface area contributed by atoms with Gasteiger partial charge in [-0.3, -0.25) is 0 Å². The first-order chi connectivity index (χ1) is 30.4. The van der Waals surface area contributed by atoms with E-state index in [2.05, 4.69) is 6.07 Å². The van der Waals surface area contributed by atoms with Crippen LogP contribution in [0.3, 0.4) is 0 Å². The highest BCUT2D eigenvalue weighted by Crippen LogP contribution is 2.44. The van der Waals surface area contributed by atoms with Crippen LogP contribution in [0.1, 0.15) is 15.1 Å². The van der Waals surface area contributed by atoms with Crippen LogP contribution in [0.15, 0.2) is 204 Å². The van der Waals surface area contributed by atoms with Gasteiger partial charge in [0.15, 0.2) is 0 Å². The lowest BCUT2D eigenvalue weighted by atomic mass is 9.97. The normalized spacial score (nSPS) is 14.4. The van der Waals surface area contributed by atoms with Crippen LogP contribution >= 0.6 is 0 Å². The van der Waals surface area contributed by atoms with E-state index in [4.69, 9.17) is 14.0 Å². The lowest BCUT2D eigenvalue weighted by Crippen LogP contribution is -2.11. The van der Waals surface area contributed by atoms with Crippen LogP contribution in [0.4, 0.5) is 17.1 Å². The van der Waals surface area contributed by atoms with E-state index in [9.17, 15) is 5.48 Å². The van der Waals surface area contributed by atoms with Crippen molar-refractivity contribution in [2.45, 2.75) is 0 Å². The van der Waals surface area contributed by atoms with Crippen LogP contribution in [-0.4, -0.2) is 0 Å². The first-order valence-corrected chi connectivity index (χ1v) is 16.9. The van der Waals surface area contributed by atoms with Crippen molar-refractivity contribution in [3.63, 3.8) is 0 Å². The van der Waals surface area contributed by atoms with E-state index in [0.717, 1.165) is 43.8 Å². The largest absolute Gasteiger partial charge is 0.455 e. The van der Waals surface area contributed by atoms with Crippen molar-refractivity contribution >= 4 is 60.5 Å². The Kier molecular flexibility index (Phi) is 4.96. The number of hydrogen-bond donors (Lipinski definition) is 0. The maximum absolute atomic E-state index is 9.65. The summed E-state index contributed by atoms with van der Waals surface area (Å²) in [5.74, 6) is 0. The molecular formula is C50H33NO. The smallest absolute Gasteiger partial charge is 0.143 e. The molecule has 0 saturated heterocycles. The SMILES string of the molecule is [2H]c1c([2H])c(N(c2ccc(-c3ccccc3)cc2)c2ccccc2-c2ccc3oc4c5ccccc5ccc4c3c2)c([2H])c([2H])c1-c1c([2H])c([2H])c([2H])c2c([2H])c([2H])c([2H])c([2H])c12. The first kappa shape index (κ1) is 20.7. The molecule has 0 N–H and O–H groups in total. The summed E-state index contributed by atoms with van der Waals surface area (Å²) in [6, 6.07) is 36.2. The standard InChI is InChI=1S/C50H33NO/c1-2-11-34(12-3-1)35-21-27-40(28-22-35)51(41-29-23-38(24-30-41)43-19-10-15-36-13-4-6-16-42(36)43)48-20-9-8-17-44(48)39-26-32-49-47(33-39)46-31-25-37-14-5-7-18-45(37)50(46)52-49/h1-33H/i4D,6D,10D,13D,15D,16D,19D,23D,24D,29D,30D. The fourth-order valence-electron chi connectivity index (χ4n) is 6.95. The molecule has 0 fully saturated rings. The van der Waals surface area contributed by atoms with Crippen LogP contribution in [0.2, 0.25) is 0 Å². The Morgan fingerprint density at radius 1 is 0.404 bits per heavy atom. The average Bonchev–Trinajstić information content (AvgIpc) is 3.70. The summed E-state index contributed by atoms with van der Waals surface area (Å²) in [5.41, 5.74) is 5.00. The van der Waals surface area contributed by atoms with Crippen molar-refractivity contribution < 1.29 is 19.5 Å². The monoisotopic (exact) mass is 674 g/mol. The number of furan rings is 1. The number of hydrogen-bond acceptors (Lipinski definition) is 2. The summed E-state index contributed by atoms with van der Waals surface area (Å²) < 4.78 is 105. The van der Waals surface area contributed by atoms with E-state index in [1.165, 1.54) is 0 Å². The molecule has 244 valence electrons. The second-order valence-electron chi connectivity index (χ2n) is 12.5. The van der Waals surface area contributed by atoms with Crippen LogP contribution < -0.4 is 4.90 Å². The Morgan fingerprint density at radius 2 is 1.13 bits per heavy atom. The molecule has 0 atom stereocenters. The van der Waals surface area contributed by atoms with Gasteiger partial charge in [-0.2, -0.15) is 0 Å². The highest BCUT2D eigenvalue weighted by molar-refractivity contribution is 6.15. The summed E-state index contributed by atoms with van der Waals surface area (Å²) in [5, 5.41) is 3.20. The minimum Gasteiger partial charge on any atom is -0.455 e. The minimum absolute atomic E-state index is 0.115. The zero-order valence-corrected chi connectivity index (χ0v) is 27.6. The molecule has 1 aromatic heterocycles. The molecule has 0 unspecified atom stereocenters. The number of para-hydroxylation sites is 1. The predicted molar refractivity (Wildman–Crippen MR) is 220 cm³/mol. The second kappa shape index (κ2) is 12.5. The second-order valence-corrected chi connectivity index (χ2v) is 12.5. The third-order valence-corrected chi connectivity index (χ3v) is 9.45. The number of anilines is 3. The van der Waals surface area contributed by atoms with Gasteiger partial charge in [0.25, 0.3) is 0 Å². The fourth-order valence-corrected chi connectivity index (χ4v) is 6.95. The van der Waals surface area contributed by atoms with Gasteiger partial charge in [0.05, 0.1) is 20.8 Å². The van der Waals surface area contributed by atoms with E-state index in [0.29, 0.717) is 22.5 Å². The maximum Gasteiger partial charge on any atom is 0.143 e. The molecule has 0 bridgehead atoms. The summed E-state index contributed by atoms with van der Waals surface area (Å²) in [7, 11) is 0. The number of rotatable bonds is 6. The van der Waals surface area contributed by atoms with E-state index in [-0.39, 0.29) is 22.0 Å². The first-order valence-electron chi connectivity index (χ1n) is 22.4. The molecule has 2 nitrogen and oxygen atoms in total. The highest BCUT2D eigenvalue weighted by atomic mass is 16.3. The van der Waals surface area contributed by atoms with Crippen LogP contribution in [0.25, 0.3) is 76.9 Å². The molecule has 52 heavy (non-hydrogen) atoms. The van der Waals surface area contributed by atoms with E-state index in [1.54, 1.807) is 4.90 Å².